The molecule has 2 N–H and O–H groups in total. The van der Waals surface area contributed by atoms with Gasteiger partial charge in [-0.25, -0.2) is 18.7 Å². The first-order chi connectivity index (χ1) is 12.9. The van der Waals surface area contributed by atoms with Gasteiger partial charge in [0.15, 0.2) is 11.6 Å². The fourth-order valence-corrected chi connectivity index (χ4v) is 4.55. The molecule has 1 aromatic carbocycles. The minimum atomic E-state index is -0.875. The number of nitrogens with two attached hydrogens (primary N) is 1. The molecule has 0 aliphatic heterocycles. The molecule has 2 aliphatic rings. The third kappa shape index (κ3) is 3.60. The van der Waals surface area contributed by atoms with Gasteiger partial charge in [0.1, 0.15) is 16.8 Å². The second-order valence-electron chi connectivity index (χ2n) is 7.40. The van der Waals surface area contributed by atoms with E-state index in [1.165, 1.54) is 12.1 Å². The van der Waals surface area contributed by atoms with E-state index >= 15 is 0 Å². The minimum Gasteiger partial charge on any atom is -0.327 e. The maximum Gasteiger partial charge on any atom is 0.159 e. The van der Waals surface area contributed by atoms with Crippen LogP contribution in [0.15, 0.2) is 12.1 Å². The van der Waals surface area contributed by atoms with E-state index in [-0.39, 0.29) is 24.5 Å². The second kappa shape index (κ2) is 7.24. The summed E-state index contributed by atoms with van der Waals surface area (Å²) in [6.45, 7) is 0. The highest BCUT2D eigenvalue weighted by Gasteiger charge is 2.30. The highest BCUT2D eigenvalue weighted by molar-refractivity contribution is 6.30. The molecule has 142 valence electrons. The number of hydrogen-bond acceptors (Lipinski definition) is 4. The van der Waals surface area contributed by atoms with E-state index in [0.717, 1.165) is 36.1 Å². The number of carbonyl (C=O) groups is 1. The number of aromatic nitrogens is 2. The third-order valence-corrected chi connectivity index (χ3v) is 5.88. The van der Waals surface area contributed by atoms with Crippen molar-refractivity contribution in [2.24, 2.45) is 5.73 Å². The summed E-state index contributed by atoms with van der Waals surface area (Å²) in [6, 6.07) is 2.00. The van der Waals surface area contributed by atoms with Crippen molar-refractivity contribution in [3.63, 3.8) is 0 Å². The summed E-state index contributed by atoms with van der Waals surface area (Å²) in [5, 5.41) is 0.437. The van der Waals surface area contributed by atoms with Gasteiger partial charge in [-0.05, 0) is 55.4 Å². The van der Waals surface area contributed by atoms with Gasteiger partial charge in [-0.15, -0.1) is 0 Å². The number of halogens is 3. The van der Waals surface area contributed by atoms with Crippen molar-refractivity contribution in [1.29, 1.82) is 0 Å². The molecule has 27 heavy (non-hydrogen) atoms. The average molecular weight is 392 g/mol. The normalized spacial score (nSPS) is 19.0. The summed E-state index contributed by atoms with van der Waals surface area (Å²) in [4.78, 5) is 21.2. The summed E-state index contributed by atoms with van der Waals surface area (Å²) in [5.74, 6) is -1.51. The largest absolute Gasteiger partial charge is 0.327 e. The number of ketones is 1. The Balaban J connectivity index is 1.44. The zero-order chi connectivity index (χ0) is 19.1. The Bertz CT molecular complexity index is 919. The number of nitrogens with zero attached hydrogens (tertiary/aromatic N) is 2. The molecule has 2 aliphatic carbocycles. The molecule has 0 saturated carbocycles. The van der Waals surface area contributed by atoms with Crippen LogP contribution in [0.5, 0.6) is 0 Å². The Kier molecular flexibility index (Phi) is 4.95. The molecule has 2 aromatic rings. The van der Waals surface area contributed by atoms with Gasteiger partial charge >= 0.3 is 0 Å². The van der Waals surface area contributed by atoms with Crippen LogP contribution in [0.2, 0.25) is 5.15 Å². The van der Waals surface area contributed by atoms with Crippen molar-refractivity contribution in [2.75, 3.05) is 0 Å². The van der Waals surface area contributed by atoms with Crippen LogP contribution in [0, 0.1) is 11.6 Å². The number of benzene rings is 1. The Morgan fingerprint density at radius 1 is 1.22 bits per heavy atom. The maximum absolute atomic E-state index is 13.6. The molecule has 1 heterocycles. The first-order valence-corrected chi connectivity index (χ1v) is 9.59. The summed E-state index contributed by atoms with van der Waals surface area (Å²) >= 11 is 6.20. The summed E-state index contributed by atoms with van der Waals surface area (Å²) < 4.78 is 27.0. The standard InChI is InChI=1S/C20H20ClF2N3O/c21-20-13-2-1-3-18(13)25-19(26-20)8-11(27)7-17(24)12-5-4-10-6-15(22)16(23)9-14(10)12/h6,9,12,17H,1-5,7-8,24H2. The van der Waals surface area contributed by atoms with Crippen molar-refractivity contribution < 1.29 is 13.6 Å². The average Bonchev–Trinajstić information content (AvgIpc) is 3.22. The SMILES string of the molecule is NC(CC(=O)Cc1nc(Cl)c2c(n1)CCC2)C1CCc2cc(F)c(F)cc21. The monoisotopic (exact) mass is 391 g/mol. The topological polar surface area (TPSA) is 68.9 Å². The Morgan fingerprint density at radius 2 is 2.00 bits per heavy atom. The fourth-order valence-electron chi connectivity index (χ4n) is 4.24. The van der Waals surface area contributed by atoms with Crippen LogP contribution < -0.4 is 5.73 Å². The highest BCUT2D eigenvalue weighted by atomic mass is 35.5. The summed E-state index contributed by atoms with van der Waals surface area (Å²) in [7, 11) is 0. The Morgan fingerprint density at radius 3 is 2.81 bits per heavy atom. The van der Waals surface area contributed by atoms with E-state index in [1.807, 2.05) is 0 Å². The van der Waals surface area contributed by atoms with Gasteiger partial charge in [-0.2, -0.15) is 0 Å². The molecule has 2 atom stereocenters. The van der Waals surface area contributed by atoms with Crippen LogP contribution in [-0.2, 0) is 30.5 Å². The lowest BCUT2D eigenvalue weighted by Gasteiger charge is -2.20. The highest BCUT2D eigenvalue weighted by Crippen LogP contribution is 2.37. The molecule has 0 fully saturated rings. The first kappa shape index (κ1) is 18.4. The fraction of sp³-hybridized carbons (Fsp3) is 0.450. The lowest BCUT2D eigenvalue weighted by molar-refractivity contribution is -0.119. The summed E-state index contributed by atoms with van der Waals surface area (Å²) in [6.07, 6.45) is 4.30. The Hall–Kier alpha value is -1.92. The van der Waals surface area contributed by atoms with Crippen molar-refractivity contribution in [3.05, 3.63) is 57.1 Å². The maximum atomic E-state index is 13.6. The molecule has 0 bridgehead atoms. The number of rotatable bonds is 5. The van der Waals surface area contributed by atoms with Crippen LogP contribution in [0.4, 0.5) is 8.78 Å². The predicted molar refractivity (Wildman–Crippen MR) is 97.8 cm³/mol. The van der Waals surface area contributed by atoms with E-state index < -0.39 is 17.7 Å². The van der Waals surface area contributed by atoms with Gasteiger partial charge in [0.25, 0.3) is 0 Å². The van der Waals surface area contributed by atoms with E-state index in [9.17, 15) is 13.6 Å². The van der Waals surface area contributed by atoms with Crippen molar-refractivity contribution in [2.45, 2.75) is 56.9 Å². The van der Waals surface area contributed by atoms with Gasteiger partial charge in [-0.1, -0.05) is 11.6 Å². The second-order valence-corrected chi connectivity index (χ2v) is 7.76. The zero-order valence-electron chi connectivity index (χ0n) is 14.8. The van der Waals surface area contributed by atoms with E-state index in [4.69, 9.17) is 17.3 Å². The van der Waals surface area contributed by atoms with Crippen LogP contribution in [0.25, 0.3) is 0 Å². The molecule has 7 heteroatoms. The van der Waals surface area contributed by atoms with Gasteiger partial charge in [0.05, 0.1) is 6.42 Å². The molecular formula is C20H20ClF2N3O. The van der Waals surface area contributed by atoms with Crippen LogP contribution in [0.3, 0.4) is 0 Å². The molecular weight excluding hydrogens is 372 g/mol. The van der Waals surface area contributed by atoms with Crippen LogP contribution in [0.1, 0.15) is 53.4 Å². The van der Waals surface area contributed by atoms with Crippen molar-refractivity contribution in [3.8, 4) is 0 Å². The van der Waals surface area contributed by atoms with Gasteiger partial charge in [0.2, 0.25) is 0 Å². The number of Topliss-reactive ketones (excluding diaryl/α,β-unsaturated/α-hetero) is 1. The quantitative estimate of drug-likeness (QED) is 0.792. The lowest BCUT2D eigenvalue weighted by Crippen LogP contribution is -2.31. The van der Waals surface area contributed by atoms with Crippen LogP contribution >= 0.6 is 11.6 Å². The number of hydrogen-bond donors (Lipinski definition) is 1. The molecule has 4 rings (SSSR count). The molecule has 0 amide bonds. The van der Waals surface area contributed by atoms with Crippen molar-refractivity contribution >= 4 is 17.4 Å². The molecule has 0 saturated heterocycles. The molecule has 0 spiro atoms. The number of aryl methyl sites for hydroxylation is 2. The number of fused-ring (bicyclic) bond motifs is 2. The predicted octanol–water partition coefficient (Wildman–Crippen LogP) is 3.46. The summed E-state index contributed by atoms with van der Waals surface area (Å²) in [5.41, 5.74) is 9.66. The minimum absolute atomic E-state index is 0.0763. The van der Waals surface area contributed by atoms with Crippen molar-refractivity contribution in [1.82, 2.24) is 9.97 Å². The van der Waals surface area contributed by atoms with E-state index in [1.54, 1.807) is 0 Å². The van der Waals surface area contributed by atoms with Gasteiger partial charge in [0, 0.05) is 29.6 Å². The molecule has 4 nitrogen and oxygen atoms in total. The van der Waals surface area contributed by atoms with E-state index in [2.05, 4.69) is 9.97 Å². The Labute approximate surface area is 161 Å². The number of carbonyl (C=O) groups excluding carboxylic acids is 1. The molecule has 0 radical (unpaired) electrons. The zero-order valence-corrected chi connectivity index (χ0v) is 15.5. The van der Waals surface area contributed by atoms with Gasteiger partial charge < -0.3 is 5.73 Å². The smallest absolute Gasteiger partial charge is 0.159 e. The first-order valence-electron chi connectivity index (χ1n) is 9.21. The third-order valence-electron chi connectivity index (χ3n) is 5.57. The molecule has 2 unspecified atom stereocenters. The molecule has 1 aromatic heterocycles. The van der Waals surface area contributed by atoms with Crippen LogP contribution in [-0.4, -0.2) is 21.8 Å². The lowest BCUT2D eigenvalue weighted by atomic mass is 9.90. The van der Waals surface area contributed by atoms with E-state index in [0.29, 0.717) is 29.4 Å². The van der Waals surface area contributed by atoms with Gasteiger partial charge in [-0.3, -0.25) is 4.79 Å².